The van der Waals surface area contributed by atoms with Gasteiger partial charge in [0.05, 0.1) is 0 Å². The number of nitrogens with one attached hydrogen (secondary N) is 1. The average Bonchev–Trinajstić information content (AvgIpc) is 2.25. The lowest BCUT2D eigenvalue weighted by Crippen LogP contribution is -2.33. The molecule has 1 N–H and O–H groups in total. The standard InChI is InChI=1S/C12H17ClN2O.ClH/c1-9-8-10(13)4-5-11(9)12(16)15(3)7-6-14-2;/h4-5,8,14H,6-7H2,1-3H3;1H. The Bertz CT molecular complexity index is 383. The summed E-state index contributed by atoms with van der Waals surface area (Å²) in [6.45, 7) is 3.37. The van der Waals surface area contributed by atoms with E-state index in [0.29, 0.717) is 17.1 Å². The van der Waals surface area contributed by atoms with Crippen LogP contribution < -0.4 is 5.32 Å². The highest BCUT2D eigenvalue weighted by Gasteiger charge is 2.13. The van der Waals surface area contributed by atoms with Gasteiger partial charge in [-0.25, -0.2) is 0 Å². The summed E-state index contributed by atoms with van der Waals surface area (Å²) < 4.78 is 0. The van der Waals surface area contributed by atoms with E-state index in [1.807, 2.05) is 14.0 Å². The zero-order valence-corrected chi connectivity index (χ0v) is 11.9. The van der Waals surface area contributed by atoms with Crippen LogP contribution in [0, 0.1) is 6.92 Å². The van der Waals surface area contributed by atoms with Crippen molar-refractivity contribution in [1.29, 1.82) is 0 Å². The fourth-order valence-corrected chi connectivity index (χ4v) is 1.68. The first kappa shape index (κ1) is 16.2. The lowest BCUT2D eigenvalue weighted by atomic mass is 10.1. The van der Waals surface area contributed by atoms with Crippen LogP contribution in [-0.2, 0) is 0 Å². The maximum absolute atomic E-state index is 12.0. The summed E-state index contributed by atoms with van der Waals surface area (Å²) in [7, 11) is 3.67. The van der Waals surface area contributed by atoms with Crippen LogP contribution in [0.3, 0.4) is 0 Å². The number of nitrogens with zero attached hydrogens (tertiary/aromatic N) is 1. The summed E-state index contributed by atoms with van der Waals surface area (Å²) in [4.78, 5) is 13.7. The molecule has 0 saturated carbocycles. The van der Waals surface area contributed by atoms with E-state index in [0.717, 1.165) is 12.1 Å². The van der Waals surface area contributed by atoms with Crippen molar-refractivity contribution in [2.24, 2.45) is 0 Å². The van der Waals surface area contributed by atoms with Crippen molar-refractivity contribution >= 4 is 29.9 Å². The Morgan fingerprint density at radius 2 is 2.12 bits per heavy atom. The molecule has 0 saturated heterocycles. The largest absolute Gasteiger partial charge is 0.340 e. The number of hydrogen-bond donors (Lipinski definition) is 1. The highest BCUT2D eigenvalue weighted by molar-refractivity contribution is 6.30. The molecule has 1 aromatic carbocycles. The number of carbonyl (C=O) groups excluding carboxylic acids is 1. The Morgan fingerprint density at radius 3 is 2.65 bits per heavy atom. The van der Waals surface area contributed by atoms with Gasteiger partial charge in [0.2, 0.25) is 0 Å². The topological polar surface area (TPSA) is 32.3 Å². The molecule has 0 aromatic heterocycles. The van der Waals surface area contributed by atoms with Gasteiger partial charge >= 0.3 is 0 Å². The number of hydrogen-bond acceptors (Lipinski definition) is 2. The van der Waals surface area contributed by atoms with Crippen LogP contribution >= 0.6 is 24.0 Å². The Hall–Kier alpha value is -0.770. The number of carbonyl (C=O) groups is 1. The summed E-state index contributed by atoms with van der Waals surface area (Å²) in [6, 6.07) is 5.32. The van der Waals surface area contributed by atoms with Crippen molar-refractivity contribution in [2.75, 3.05) is 27.2 Å². The lowest BCUT2D eigenvalue weighted by molar-refractivity contribution is 0.0796. The Kier molecular flexibility index (Phi) is 7.19. The van der Waals surface area contributed by atoms with Gasteiger partial charge in [0.1, 0.15) is 0 Å². The molecule has 0 aliphatic carbocycles. The van der Waals surface area contributed by atoms with Gasteiger partial charge in [-0.15, -0.1) is 12.4 Å². The number of rotatable bonds is 4. The molecule has 96 valence electrons. The highest BCUT2D eigenvalue weighted by atomic mass is 35.5. The van der Waals surface area contributed by atoms with Crippen LogP contribution in [0.5, 0.6) is 0 Å². The summed E-state index contributed by atoms with van der Waals surface area (Å²) in [6.07, 6.45) is 0. The molecule has 0 radical (unpaired) electrons. The van der Waals surface area contributed by atoms with Gasteiger partial charge in [-0.05, 0) is 37.7 Å². The maximum atomic E-state index is 12.0. The minimum atomic E-state index is 0. The molecule has 0 bridgehead atoms. The van der Waals surface area contributed by atoms with Crippen LogP contribution in [0.1, 0.15) is 15.9 Å². The van der Waals surface area contributed by atoms with Crippen LogP contribution in [0.4, 0.5) is 0 Å². The Morgan fingerprint density at radius 1 is 1.47 bits per heavy atom. The van der Waals surface area contributed by atoms with Crippen molar-refractivity contribution in [3.05, 3.63) is 34.3 Å². The number of amides is 1. The minimum absolute atomic E-state index is 0. The zero-order valence-electron chi connectivity index (χ0n) is 10.3. The van der Waals surface area contributed by atoms with Gasteiger partial charge < -0.3 is 10.2 Å². The molecule has 17 heavy (non-hydrogen) atoms. The van der Waals surface area contributed by atoms with Crippen LogP contribution in [0.25, 0.3) is 0 Å². The third-order valence-electron chi connectivity index (χ3n) is 2.46. The highest BCUT2D eigenvalue weighted by Crippen LogP contribution is 2.16. The van der Waals surface area contributed by atoms with Crippen LogP contribution in [-0.4, -0.2) is 38.0 Å². The van der Waals surface area contributed by atoms with E-state index in [1.165, 1.54) is 0 Å². The lowest BCUT2D eigenvalue weighted by Gasteiger charge is -2.18. The van der Waals surface area contributed by atoms with Crippen molar-refractivity contribution in [3.63, 3.8) is 0 Å². The maximum Gasteiger partial charge on any atom is 0.253 e. The van der Waals surface area contributed by atoms with Gasteiger partial charge in [0.15, 0.2) is 0 Å². The zero-order chi connectivity index (χ0) is 12.1. The van der Waals surface area contributed by atoms with E-state index in [2.05, 4.69) is 5.32 Å². The van der Waals surface area contributed by atoms with Crippen LogP contribution in [0.15, 0.2) is 18.2 Å². The molecule has 3 nitrogen and oxygen atoms in total. The molecule has 0 atom stereocenters. The molecule has 0 unspecified atom stereocenters. The SMILES string of the molecule is CNCCN(C)C(=O)c1ccc(Cl)cc1C.Cl. The van der Waals surface area contributed by atoms with Gasteiger partial charge in [0, 0.05) is 30.7 Å². The quantitative estimate of drug-likeness (QED) is 0.916. The second kappa shape index (κ2) is 7.54. The summed E-state index contributed by atoms with van der Waals surface area (Å²) >= 11 is 5.85. The second-order valence-electron chi connectivity index (χ2n) is 3.79. The van der Waals surface area contributed by atoms with E-state index in [-0.39, 0.29) is 18.3 Å². The van der Waals surface area contributed by atoms with Gasteiger partial charge in [-0.2, -0.15) is 0 Å². The van der Waals surface area contributed by atoms with E-state index in [9.17, 15) is 4.79 Å². The predicted octanol–water partition coefficient (Wildman–Crippen LogP) is 2.36. The molecule has 1 rings (SSSR count). The number of halogens is 2. The minimum Gasteiger partial charge on any atom is -0.340 e. The summed E-state index contributed by atoms with van der Waals surface area (Å²) in [5.74, 6) is 0.0319. The fraction of sp³-hybridized carbons (Fsp3) is 0.417. The third kappa shape index (κ3) is 4.54. The van der Waals surface area contributed by atoms with Crippen molar-refractivity contribution < 1.29 is 4.79 Å². The Balaban J connectivity index is 0.00000256. The molecule has 0 fully saturated rings. The number of likely N-dealkylation sites (N-methyl/N-ethyl adjacent to an activating group) is 2. The molecule has 5 heteroatoms. The van der Waals surface area contributed by atoms with E-state index < -0.39 is 0 Å². The normalized spacial score (nSPS) is 9.65. The molecule has 1 aromatic rings. The van der Waals surface area contributed by atoms with Crippen molar-refractivity contribution in [1.82, 2.24) is 10.2 Å². The number of benzene rings is 1. The van der Waals surface area contributed by atoms with Crippen molar-refractivity contribution in [3.8, 4) is 0 Å². The van der Waals surface area contributed by atoms with E-state index >= 15 is 0 Å². The summed E-state index contributed by atoms with van der Waals surface area (Å²) in [5.41, 5.74) is 1.62. The van der Waals surface area contributed by atoms with Crippen LogP contribution in [0.2, 0.25) is 5.02 Å². The first-order valence-electron chi connectivity index (χ1n) is 5.22. The molecular formula is C12H18Cl2N2O. The fourth-order valence-electron chi connectivity index (χ4n) is 1.45. The number of aryl methyl sites for hydroxylation is 1. The molecule has 0 heterocycles. The first-order valence-corrected chi connectivity index (χ1v) is 5.60. The predicted molar refractivity (Wildman–Crippen MR) is 74.3 cm³/mol. The molecule has 0 aliphatic rings. The summed E-state index contributed by atoms with van der Waals surface area (Å²) in [5, 5.41) is 3.67. The molecule has 0 spiro atoms. The first-order chi connectivity index (χ1) is 7.56. The van der Waals surface area contributed by atoms with E-state index in [1.54, 1.807) is 30.1 Å². The van der Waals surface area contributed by atoms with Gasteiger partial charge in [-0.1, -0.05) is 11.6 Å². The third-order valence-corrected chi connectivity index (χ3v) is 2.70. The molecular weight excluding hydrogens is 259 g/mol. The monoisotopic (exact) mass is 276 g/mol. The van der Waals surface area contributed by atoms with E-state index in [4.69, 9.17) is 11.6 Å². The van der Waals surface area contributed by atoms with Gasteiger partial charge in [0.25, 0.3) is 5.91 Å². The van der Waals surface area contributed by atoms with Gasteiger partial charge in [-0.3, -0.25) is 4.79 Å². The molecule has 1 amide bonds. The smallest absolute Gasteiger partial charge is 0.253 e. The average molecular weight is 277 g/mol. The Labute approximate surface area is 114 Å². The molecule has 0 aliphatic heterocycles. The van der Waals surface area contributed by atoms with Crippen molar-refractivity contribution in [2.45, 2.75) is 6.92 Å². The second-order valence-corrected chi connectivity index (χ2v) is 4.23.